The van der Waals surface area contributed by atoms with Gasteiger partial charge in [0.05, 0.1) is 25.8 Å². The predicted octanol–water partition coefficient (Wildman–Crippen LogP) is 3.29. The van der Waals surface area contributed by atoms with Crippen LogP contribution < -0.4 is 26.0 Å². The average Bonchev–Trinajstić information content (AvgIpc) is 3.28. The number of likely N-dealkylation sites (tertiary alicyclic amines) is 1. The zero-order chi connectivity index (χ0) is 23.6. The Bertz CT molecular complexity index is 943. The fourth-order valence-electron chi connectivity index (χ4n) is 3.72. The molecule has 0 aliphatic carbocycles. The molecular weight excluding hydrogens is 444 g/mol. The van der Waals surface area contributed by atoms with Gasteiger partial charge in [0.25, 0.3) is 0 Å². The summed E-state index contributed by atoms with van der Waals surface area (Å²) in [7, 11) is 5.01. The second-order valence-electron chi connectivity index (χ2n) is 7.54. The van der Waals surface area contributed by atoms with Crippen LogP contribution in [0.3, 0.4) is 0 Å². The van der Waals surface area contributed by atoms with E-state index in [1.807, 2.05) is 13.1 Å². The summed E-state index contributed by atoms with van der Waals surface area (Å²) >= 11 is 6.26. The molecule has 1 aliphatic heterocycles. The van der Waals surface area contributed by atoms with Crippen molar-refractivity contribution in [3.63, 3.8) is 0 Å². The fraction of sp³-hybridized carbons (Fsp3) is 0.500. The van der Waals surface area contributed by atoms with Crippen LogP contribution in [0.5, 0.6) is 5.75 Å². The van der Waals surface area contributed by atoms with E-state index < -0.39 is 0 Å². The largest absolute Gasteiger partial charge is 0.498 e. The minimum absolute atomic E-state index is 0.395. The van der Waals surface area contributed by atoms with Gasteiger partial charge in [0.15, 0.2) is 0 Å². The molecule has 0 radical (unpaired) electrons. The Hall–Kier alpha value is -2.98. The highest BCUT2D eigenvalue weighted by Crippen LogP contribution is 2.28. The Morgan fingerprint density at radius 2 is 1.94 bits per heavy atom. The Morgan fingerprint density at radius 1 is 1.18 bits per heavy atom. The van der Waals surface area contributed by atoms with Gasteiger partial charge in [-0.2, -0.15) is 15.0 Å². The maximum absolute atomic E-state index is 6.26. The normalized spacial score (nSPS) is 16.4. The summed E-state index contributed by atoms with van der Waals surface area (Å²) in [5.41, 5.74) is 0.740. The smallest absolute Gasteiger partial charge is 0.233 e. The topological polar surface area (TPSA) is 108 Å². The molecule has 3 rings (SSSR count). The zero-order valence-electron chi connectivity index (χ0n) is 19.6. The van der Waals surface area contributed by atoms with E-state index in [0.29, 0.717) is 47.0 Å². The van der Waals surface area contributed by atoms with Crippen LogP contribution in [0.1, 0.15) is 19.8 Å². The molecule has 4 N–H and O–H groups in total. The molecule has 11 heteroatoms. The van der Waals surface area contributed by atoms with Crippen molar-refractivity contribution in [3.05, 3.63) is 35.2 Å². The lowest BCUT2D eigenvalue weighted by molar-refractivity contribution is 0.277. The van der Waals surface area contributed by atoms with Crippen LogP contribution in [0.4, 0.5) is 23.5 Å². The molecule has 1 aliphatic rings. The van der Waals surface area contributed by atoms with Crippen LogP contribution >= 0.6 is 11.6 Å². The number of hydrogen-bond donors (Lipinski definition) is 4. The summed E-state index contributed by atoms with van der Waals surface area (Å²) in [6.07, 6.45) is 4.15. The molecule has 2 aromatic rings. The van der Waals surface area contributed by atoms with Crippen molar-refractivity contribution in [1.82, 2.24) is 25.2 Å². The van der Waals surface area contributed by atoms with Crippen LogP contribution in [0.15, 0.2) is 30.2 Å². The van der Waals surface area contributed by atoms with E-state index >= 15 is 0 Å². The molecule has 2 heterocycles. The Kier molecular flexibility index (Phi) is 9.20. The van der Waals surface area contributed by atoms with Crippen molar-refractivity contribution in [2.45, 2.75) is 25.8 Å². The number of nitrogens with zero attached hydrogens (tertiary/aromatic N) is 4. The highest BCUT2D eigenvalue weighted by atomic mass is 35.5. The molecule has 33 heavy (non-hydrogen) atoms. The molecule has 1 fully saturated rings. The molecular formula is C22H33ClN8O2. The fourth-order valence-corrected chi connectivity index (χ4v) is 3.98. The predicted molar refractivity (Wildman–Crippen MR) is 133 cm³/mol. The number of likely N-dealkylation sites (N-methyl/N-ethyl adjacent to an activating group) is 1. The number of ether oxygens (including phenoxy) is 2. The molecule has 0 saturated carbocycles. The quantitative estimate of drug-likeness (QED) is 0.341. The summed E-state index contributed by atoms with van der Waals surface area (Å²) in [5.74, 6) is 2.63. The summed E-state index contributed by atoms with van der Waals surface area (Å²) in [6.45, 7) is 5.56. The van der Waals surface area contributed by atoms with Crippen LogP contribution in [0.2, 0.25) is 5.02 Å². The number of nitrogens with one attached hydrogen (secondary N) is 4. The third-order valence-corrected chi connectivity index (χ3v) is 5.73. The lowest BCUT2D eigenvalue weighted by atomic mass is 10.2. The van der Waals surface area contributed by atoms with Crippen LogP contribution in [-0.2, 0) is 4.74 Å². The summed E-state index contributed by atoms with van der Waals surface area (Å²) in [6, 6.07) is 5.88. The van der Waals surface area contributed by atoms with Gasteiger partial charge < -0.3 is 30.7 Å². The lowest BCUT2D eigenvalue weighted by Crippen LogP contribution is -2.35. The van der Waals surface area contributed by atoms with E-state index in [2.05, 4.69) is 48.0 Å². The monoisotopic (exact) mass is 476 g/mol. The van der Waals surface area contributed by atoms with E-state index in [-0.39, 0.29) is 0 Å². The minimum atomic E-state index is 0.395. The van der Waals surface area contributed by atoms with Crippen molar-refractivity contribution in [2.24, 2.45) is 0 Å². The van der Waals surface area contributed by atoms with Crippen LogP contribution in [0, 0.1) is 0 Å². The second-order valence-corrected chi connectivity index (χ2v) is 7.95. The first-order valence-corrected chi connectivity index (χ1v) is 11.4. The van der Waals surface area contributed by atoms with E-state index in [1.165, 1.54) is 12.8 Å². The summed E-state index contributed by atoms with van der Waals surface area (Å²) in [5, 5.41) is 13.2. The van der Waals surface area contributed by atoms with Crippen molar-refractivity contribution in [1.29, 1.82) is 0 Å². The van der Waals surface area contributed by atoms with E-state index in [0.717, 1.165) is 25.3 Å². The van der Waals surface area contributed by atoms with Gasteiger partial charge in [-0.15, -0.1) is 0 Å². The lowest BCUT2D eigenvalue weighted by Gasteiger charge is -2.23. The van der Waals surface area contributed by atoms with E-state index in [4.69, 9.17) is 21.1 Å². The highest BCUT2D eigenvalue weighted by molar-refractivity contribution is 6.32. The van der Waals surface area contributed by atoms with Gasteiger partial charge in [-0.3, -0.25) is 4.90 Å². The number of hydrogen-bond acceptors (Lipinski definition) is 10. The molecule has 0 amide bonds. The molecule has 0 bridgehead atoms. The van der Waals surface area contributed by atoms with E-state index in [9.17, 15) is 0 Å². The van der Waals surface area contributed by atoms with Gasteiger partial charge in [0, 0.05) is 31.5 Å². The number of anilines is 4. The summed E-state index contributed by atoms with van der Waals surface area (Å²) < 4.78 is 10.6. The Balaban J connectivity index is 1.78. The van der Waals surface area contributed by atoms with Gasteiger partial charge in [0.2, 0.25) is 17.8 Å². The molecule has 1 unspecified atom stereocenters. The summed E-state index contributed by atoms with van der Waals surface area (Å²) in [4.78, 5) is 16.1. The molecule has 1 atom stereocenters. The molecule has 10 nitrogen and oxygen atoms in total. The highest BCUT2D eigenvalue weighted by Gasteiger charge is 2.23. The van der Waals surface area contributed by atoms with Crippen molar-refractivity contribution in [3.8, 4) is 5.75 Å². The molecule has 1 aromatic carbocycles. The van der Waals surface area contributed by atoms with Gasteiger partial charge in [-0.25, -0.2) is 0 Å². The third kappa shape index (κ3) is 7.00. The maximum atomic E-state index is 6.26. The van der Waals surface area contributed by atoms with Crippen LogP contribution in [-0.4, -0.2) is 73.3 Å². The van der Waals surface area contributed by atoms with Gasteiger partial charge in [-0.1, -0.05) is 18.5 Å². The number of rotatable bonds is 12. The third-order valence-electron chi connectivity index (χ3n) is 5.43. The van der Waals surface area contributed by atoms with Gasteiger partial charge in [-0.05, 0) is 44.1 Å². The van der Waals surface area contributed by atoms with Crippen molar-refractivity contribution >= 4 is 35.1 Å². The first kappa shape index (κ1) is 24.7. The van der Waals surface area contributed by atoms with Crippen molar-refractivity contribution < 1.29 is 9.47 Å². The standard InChI is InChI=1S/C22H33ClN8O2/c1-5-31-10-6-7-16(31)12-25-20-28-21(26-14-17(32-3)13-24-2)30-22(29-20)27-15-8-9-19(33-4)18(23)11-15/h8-9,11,13,16,24H,5-7,10,12,14H2,1-4H3,(H3,25,26,27,28,29,30)/b17-13-. The number of methoxy groups -OCH3 is 2. The Morgan fingerprint density at radius 3 is 2.61 bits per heavy atom. The van der Waals surface area contributed by atoms with Gasteiger partial charge >= 0.3 is 0 Å². The molecule has 1 aromatic heterocycles. The van der Waals surface area contributed by atoms with Crippen LogP contribution in [0.25, 0.3) is 0 Å². The minimum Gasteiger partial charge on any atom is -0.498 e. The maximum Gasteiger partial charge on any atom is 0.233 e. The van der Waals surface area contributed by atoms with Crippen molar-refractivity contribution in [2.75, 3.05) is 63.4 Å². The van der Waals surface area contributed by atoms with Gasteiger partial charge in [0.1, 0.15) is 11.5 Å². The average molecular weight is 477 g/mol. The Labute approximate surface area is 200 Å². The zero-order valence-corrected chi connectivity index (χ0v) is 20.4. The second kappa shape index (κ2) is 12.3. The first-order valence-electron chi connectivity index (χ1n) is 11.0. The molecule has 0 spiro atoms. The number of aromatic nitrogens is 3. The first-order chi connectivity index (χ1) is 16.1. The number of halogens is 1. The molecule has 1 saturated heterocycles. The SMILES string of the molecule is CCN1CCCC1CNc1nc(NC/C(=C/NC)OC)nc(Nc2ccc(OC)c(Cl)c2)n1. The molecule has 180 valence electrons. The van der Waals surface area contributed by atoms with E-state index in [1.54, 1.807) is 32.6 Å². The number of benzene rings is 1.